The van der Waals surface area contributed by atoms with Crippen LogP contribution in [-0.4, -0.2) is 4.98 Å². The van der Waals surface area contributed by atoms with E-state index in [1.165, 1.54) is 16.5 Å². The molecule has 66 valence electrons. The molecule has 1 aromatic heterocycles. The molecule has 0 unspecified atom stereocenters. The number of nitrogens with one attached hydrogen (secondary N) is 1. The molecule has 0 atom stereocenters. The van der Waals surface area contributed by atoms with Crippen LogP contribution in [0.3, 0.4) is 0 Å². The molecule has 2 aromatic rings. The summed E-state index contributed by atoms with van der Waals surface area (Å²) in [5.41, 5.74) is 2.46. The van der Waals surface area contributed by atoms with Gasteiger partial charge in [-0.1, -0.05) is 18.2 Å². The molecule has 1 aromatic carbocycles. The van der Waals surface area contributed by atoms with Crippen molar-refractivity contribution in [1.29, 1.82) is 0 Å². The number of para-hydroxylation sites is 1. The first-order valence-electron chi connectivity index (χ1n) is 4.18. The smallest absolute Gasteiger partial charge is 0.0601 e. The lowest BCUT2D eigenvalue weighted by Gasteiger charge is -1.95. The van der Waals surface area contributed by atoms with Crippen molar-refractivity contribution in [2.75, 3.05) is 0 Å². The maximum Gasteiger partial charge on any atom is 0.0601 e. The molecule has 0 aliphatic carbocycles. The first-order chi connectivity index (χ1) is 6.33. The van der Waals surface area contributed by atoms with Gasteiger partial charge in [-0.15, -0.1) is 6.58 Å². The van der Waals surface area contributed by atoms with E-state index in [2.05, 4.69) is 33.6 Å². The number of fused-ring (bicyclic) bond motifs is 1. The van der Waals surface area contributed by atoms with E-state index in [0.29, 0.717) is 0 Å². The van der Waals surface area contributed by atoms with Gasteiger partial charge in [0.05, 0.1) is 5.52 Å². The maximum absolute atomic E-state index is 3.74. The summed E-state index contributed by atoms with van der Waals surface area (Å²) >= 11 is 3.50. The van der Waals surface area contributed by atoms with Gasteiger partial charge in [0, 0.05) is 16.1 Å². The Balaban J connectivity index is 2.67. The second-order valence-electron chi connectivity index (χ2n) is 2.97. The Morgan fingerprint density at radius 3 is 3.08 bits per heavy atom. The van der Waals surface area contributed by atoms with Gasteiger partial charge in [-0.3, -0.25) is 0 Å². The summed E-state index contributed by atoms with van der Waals surface area (Å²) in [6.45, 7) is 3.74. The van der Waals surface area contributed by atoms with Crippen LogP contribution in [-0.2, 0) is 6.42 Å². The highest BCUT2D eigenvalue weighted by Gasteiger charge is 2.03. The van der Waals surface area contributed by atoms with Crippen molar-refractivity contribution in [2.24, 2.45) is 0 Å². The summed E-state index contributed by atoms with van der Waals surface area (Å²) in [6.07, 6.45) is 4.87. The van der Waals surface area contributed by atoms with E-state index in [-0.39, 0.29) is 0 Å². The van der Waals surface area contributed by atoms with Crippen LogP contribution in [0, 0.1) is 0 Å². The number of benzene rings is 1. The normalized spacial score (nSPS) is 10.5. The predicted molar refractivity (Wildman–Crippen MR) is 59.9 cm³/mol. The number of aromatic amines is 1. The van der Waals surface area contributed by atoms with E-state index in [0.717, 1.165) is 10.9 Å². The van der Waals surface area contributed by atoms with Crippen LogP contribution in [0.15, 0.2) is 41.5 Å². The number of aromatic nitrogens is 1. The Morgan fingerprint density at radius 1 is 1.46 bits per heavy atom. The van der Waals surface area contributed by atoms with Crippen LogP contribution in [0.2, 0.25) is 0 Å². The molecule has 0 bridgehead atoms. The average molecular weight is 236 g/mol. The molecule has 0 aliphatic heterocycles. The van der Waals surface area contributed by atoms with Crippen molar-refractivity contribution in [3.05, 3.63) is 47.1 Å². The Labute approximate surface area is 85.6 Å². The van der Waals surface area contributed by atoms with Gasteiger partial charge in [-0.2, -0.15) is 0 Å². The van der Waals surface area contributed by atoms with Gasteiger partial charge in [-0.25, -0.2) is 0 Å². The molecular formula is C11H10BrN. The summed E-state index contributed by atoms with van der Waals surface area (Å²) in [4.78, 5) is 3.25. The molecule has 1 N–H and O–H groups in total. The Hall–Kier alpha value is -1.02. The largest absolute Gasteiger partial charge is 0.360 e. The molecule has 0 saturated carbocycles. The molecule has 2 rings (SSSR count). The van der Waals surface area contributed by atoms with Crippen molar-refractivity contribution in [1.82, 2.24) is 4.98 Å². The fourth-order valence-electron chi connectivity index (χ4n) is 1.50. The highest BCUT2D eigenvalue weighted by Crippen LogP contribution is 2.25. The molecule has 0 amide bonds. The van der Waals surface area contributed by atoms with E-state index < -0.39 is 0 Å². The minimum absolute atomic E-state index is 0.913. The molecule has 0 radical (unpaired) electrons. The van der Waals surface area contributed by atoms with Crippen LogP contribution >= 0.6 is 15.9 Å². The Bertz CT molecular complexity index is 442. The fourth-order valence-corrected chi connectivity index (χ4v) is 1.98. The van der Waals surface area contributed by atoms with E-state index in [4.69, 9.17) is 0 Å². The van der Waals surface area contributed by atoms with Gasteiger partial charge >= 0.3 is 0 Å². The van der Waals surface area contributed by atoms with Gasteiger partial charge in [-0.05, 0) is 34.0 Å². The molecule has 0 saturated heterocycles. The van der Waals surface area contributed by atoms with Crippen LogP contribution in [0.25, 0.3) is 10.9 Å². The second-order valence-corrected chi connectivity index (χ2v) is 3.82. The number of hydrogen-bond donors (Lipinski definition) is 1. The standard InChI is InChI=1S/C11H10BrN/c1-2-4-8-7-13-11-9(8)5-3-6-10(11)12/h2-3,5-7,13H,1,4H2. The maximum atomic E-state index is 3.74. The van der Waals surface area contributed by atoms with Gasteiger partial charge in [0.1, 0.15) is 0 Å². The highest BCUT2D eigenvalue weighted by molar-refractivity contribution is 9.10. The Morgan fingerprint density at radius 2 is 2.31 bits per heavy atom. The number of allylic oxidation sites excluding steroid dienone is 1. The monoisotopic (exact) mass is 235 g/mol. The number of rotatable bonds is 2. The molecule has 13 heavy (non-hydrogen) atoms. The summed E-state index contributed by atoms with van der Waals surface area (Å²) in [5, 5.41) is 1.27. The third kappa shape index (κ3) is 1.42. The number of hydrogen-bond acceptors (Lipinski definition) is 0. The van der Waals surface area contributed by atoms with Gasteiger partial charge in [0.2, 0.25) is 0 Å². The third-order valence-electron chi connectivity index (χ3n) is 2.11. The molecule has 0 fully saturated rings. The average Bonchev–Trinajstić information content (AvgIpc) is 2.51. The first-order valence-corrected chi connectivity index (χ1v) is 4.97. The van der Waals surface area contributed by atoms with Gasteiger partial charge in [0.15, 0.2) is 0 Å². The highest BCUT2D eigenvalue weighted by atomic mass is 79.9. The SMILES string of the molecule is C=CCc1c[nH]c2c(Br)cccc12. The zero-order valence-electron chi connectivity index (χ0n) is 7.18. The second kappa shape index (κ2) is 3.38. The summed E-state index contributed by atoms with van der Waals surface area (Å²) in [7, 11) is 0. The zero-order chi connectivity index (χ0) is 9.26. The lowest BCUT2D eigenvalue weighted by molar-refractivity contribution is 1.29. The van der Waals surface area contributed by atoms with Gasteiger partial charge in [0.25, 0.3) is 0 Å². The van der Waals surface area contributed by atoms with Crippen molar-refractivity contribution in [3.63, 3.8) is 0 Å². The number of halogens is 1. The molecule has 1 nitrogen and oxygen atoms in total. The fraction of sp³-hybridized carbons (Fsp3) is 0.0909. The Kier molecular flexibility index (Phi) is 2.23. The summed E-state index contributed by atoms with van der Waals surface area (Å²) in [5.74, 6) is 0. The van der Waals surface area contributed by atoms with E-state index in [1.807, 2.05) is 24.4 Å². The van der Waals surface area contributed by atoms with Crippen LogP contribution in [0.4, 0.5) is 0 Å². The minimum atomic E-state index is 0.913. The summed E-state index contributed by atoms with van der Waals surface area (Å²) in [6, 6.07) is 6.21. The minimum Gasteiger partial charge on any atom is -0.360 e. The van der Waals surface area contributed by atoms with Gasteiger partial charge < -0.3 is 4.98 Å². The first kappa shape index (κ1) is 8.57. The molecular weight excluding hydrogens is 226 g/mol. The van der Waals surface area contributed by atoms with E-state index in [1.54, 1.807) is 0 Å². The van der Waals surface area contributed by atoms with Crippen LogP contribution in [0.5, 0.6) is 0 Å². The van der Waals surface area contributed by atoms with Crippen LogP contribution < -0.4 is 0 Å². The molecule has 2 heteroatoms. The summed E-state index contributed by atoms with van der Waals surface area (Å²) < 4.78 is 1.11. The van der Waals surface area contributed by atoms with Crippen molar-refractivity contribution in [2.45, 2.75) is 6.42 Å². The topological polar surface area (TPSA) is 15.8 Å². The lowest BCUT2D eigenvalue weighted by Crippen LogP contribution is -1.76. The van der Waals surface area contributed by atoms with E-state index >= 15 is 0 Å². The molecule has 0 spiro atoms. The quantitative estimate of drug-likeness (QED) is 0.766. The van der Waals surface area contributed by atoms with Crippen molar-refractivity contribution >= 4 is 26.8 Å². The van der Waals surface area contributed by atoms with Crippen molar-refractivity contribution in [3.8, 4) is 0 Å². The van der Waals surface area contributed by atoms with Crippen LogP contribution in [0.1, 0.15) is 5.56 Å². The third-order valence-corrected chi connectivity index (χ3v) is 2.78. The lowest BCUT2D eigenvalue weighted by atomic mass is 10.1. The van der Waals surface area contributed by atoms with Crippen molar-refractivity contribution < 1.29 is 0 Å². The van der Waals surface area contributed by atoms with E-state index in [9.17, 15) is 0 Å². The zero-order valence-corrected chi connectivity index (χ0v) is 8.76. The number of H-pyrrole nitrogens is 1. The predicted octanol–water partition coefficient (Wildman–Crippen LogP) is 3.66. The molecule has 1 heterocycles. The molecule has 0 aliphatic rings.